The van der Waals surface area contributed by atoms with Gasteiger partial charge in [0.1, 0.15) is 16.8 Å². The molecule has 0 saturated heterocycles. The molecule has 0 aliphatic rings. The maximum Gasteiger partial charge on any atom is 0.156 e. The van der Waals surface area contributed by atoms with Crippen molar-refractivity contribution in [2.24, 2.45) is 0 Å². The third-order valence-corrected chi connectivity index (χ3v) is 2.32. The topological polar surface area (TPSA) is 54.9 Å². The van der Waals surface area contributed by atoms with Gasteiger partial charge >= 0.3 is 0 Å². The molecule has 16 heavy (non-hydrogen) atoms. The lowest BCUT2D eigenvalue weighted by molar-refractivity contribution is 0.112. The Bertz CT molecular complexity index is 406. The Kier molecular flexibility index (Phi) is 4.43. The van der Waals surface area contributed by atoms with Crippen LogP contribution in [-0.4, -0.2) is 22.3 Å². The van der Waals surface area contributed by atoms with Crippen LogP contribution in [-0.2, 0) is 0 Å². The molecule has 0 radical (unpaired) electrons. The van der Waals surface area contributed by atoms with Crippen LogP contribution in [0.4, 0.5) is 5.82 Å². The molecule has 1 heterocycles. The molecule has 1 unspecified atom stereocenters. The summed E-state index contributed by atoms with van der Waals surface area (Å²) in [5.41, 5.74) is 0.295. The van der Waals surface area contributed by atoms with Gasteiger partial charge in [-0.3, -0.25) is 4.79 Å². The van der Waals surface area contributed by atoms with Crippen LogP contribution in [0.25, 0.3) is 0 Å². The van der Waals surface area contributed by atoms with E-state index in [1.807, 2.05) is 6.92 Å². The second-order valence-corrected chi connectivity index (χ2v) is 3.87. The molecule has 86 valence electrons. The van der Waals surface area contributed by atoms with Gasteiger partial charge in [-0.05, 0) is 20.3 Å². The fourth-order valence-electron chi connectivity index (χ4n) is 1.30. The van der Waals surface area contributed by atoms with E-state index in [1.165, 1.54) is 0 Å². The zero-order valence-corrected chi connectivity index (χ0v) is 10.1. The minimum absolute atomic E-state index is 0.140. The van der Waals surface area contributed by atoms with Gasteiger partial charge in [0.05, 0.1) is 5.56 Å². The molecule has 1 rings (SSSR count). The second kappa shape index (κ2) is 5.61. The summed E-state index contributed by atoms with van der Waals surface area (Å²) in [6.45, 7) is 7.35. The van der Waals surface area contributed by atoms with E-state index < -0.39 is 0 Å². The van der Waals surface area contributed by atoms with Gasteiger partial charge in [0.15, 0.2) is 6.29 Å². The maximum atomic E-state index is 10.9. The molecule has 0 bridgehead atoms. The molecule has 0 spiro atoms. The highest BCUT2D eigenvalue weighted by molar-refractivity contribution is 6.32. The van der Waals surface area contributed by atoms with Crippen LogP contribution in [0.2, 0.25) is 5.15 Å². The number of carbonyl (C=O) groups is 1. The van der Waals surface area contributed by atoms with Crippen molar-refractivity contribution in [1.82, 2.24) is 9.97 Å². The highest BCUT2D eigenvalue weighted by Gasteiger charge is 2.12. The van der Waals surface area contributed by atoms with Crippen molar-refractivity contribution in [3.8, 4) is 0 Å². The first-order chi connectivity index (χ1) is 7.58. The number of aryl methyl sites for hydroxylation is 1. The van der Waals surface area contributed by atoms with Crippen molar-refractivity contribution in [3.05, 3.63) is 29.2 Å². The third kappa shape index (κ3) is 3.03. The number of anilines is 1. The number of halogens is 1. The highest BCUT2D eigenvalue weighted by atomic mass is 35.5. The summed E-state index contributed by atoms with van der Waals surface area (Å²) in [7, 11) is 0. The molecule has 0 aromatic carbocycles. The normalized spacial score (nSPS) is 11.9. The fourth-order valence-corrected chi connectivity index (χ4v) is 1.56. The van der Waals surface area contributed by atoms with Crippen LogP contribution in [0.3, 0.4) is 0 Å². The van der Waals surface area contributed by atoms with E-state index in [1.54, 1.807) is 13.0 Å². The molecule has 5 heteroatoms. The van der Waals surface area contributed by atoms with Gasteiger partial charge in [0.2, 0.25) is 0 Å². The summed E-state index contributed by atoms with van der Waals surface area (Å²) >= 11 is 5.85. The Morgan fingerprint density at radius 3 is 2.81 bits per heavy atom. The van der Waals surface area contributed by atoms with Crippen molar-refractivity contribution >= 4 is 23.7 Å². The minimum atomic E-state index is 0.140. The lowest BCUT2D eigenvalue weighted by Gasteiger charge is -2.14. The van der Waals surface area contributed by atoms with Crippen LogP contribution in [0.5, 0.6) is 0 Å². The molecule has 0 amide bonds. The van der Waals surface area contributed by atoms with Crippen molar-refractivity contribution < 1.29 is 4.79 Å². The monoisotopic (exact) mass is 239 g/mol. The summed E-state index contributed by atoms with van der Waals surface area (Å²) in [5, 5.41) is 3.28. The maximum absolute atomic E-state index is 10.9. The van der Waals surface area contributed by atoms with Gasteiger partial charge in [-0.25, -0.2) is 9.97 Å². The van der Waals surface area contributed by atoms with E-state index in [2.05, 4.69) is 21.9 Å². The highest BCUT2D eigenvalue weighted by Crippen LogP contribution is 2.20. The Morgan fingerprint density at radius 1 is 1.56 bits per heavy atom. The summed E-state index contributed by atoms with van der Waals surface area (Å²) in [6, 6.07) is 0.140. The van der Waals surface area contributed by atoms with Crippen LogP contribution in [0.15, 0.2) is 12.7 Å². The first-order valence-corrected chi connectivity index (χ1v) is 5.33. The number of aldehydes is 1. The Hall–Kier alpha value is -1.42. The van der Waals surface area contributed by atoms with Crippen molar-refractivity contribution in [3.63, 3.8) is 0 Å². The van der Waals surface area contributed by atoms with Gasteiger partial charge in [0.25, 0.3) is 0 Å². The molecule has 1 aromatic rings. The molecule has 0 aliphatic heterocycles. The Balaban J connectivity index is 3.01. The number of carbonyl (C=O) groups excluding carboxylic acids is 1. The molecule has 1 atom stereocenters. The second-order valence-electron chi connectivity index (χ2n) is 3.51. The van der Waals surface area contributed by atoms with Crippen LogP contribution < -0.4 is 5.32 Å². The molecular weight excluding hydrogens is 226 g/mol. The van der Waals surface area contributed by atoms with Crippen molar-refractivity contribution in [1.29, 1.82) is 0 Å². The summed E-state index contributed by atoms with van der Waals surface area (Å²) in [5.74, 6) is 1.01. The van der Waals surface area contributed by atoms with E-state index >= 15 is 0 Å². The quantitative estimate of drug-likeness (QED) is 0.488. The third-order valence-electron chi connectivity index (χ3n) is 2.03. The molecule has 1 N–H and O–H groups in total. The van der Waals surface area contributed by atoms with Crippen LogP contribution >= 0.6 is 11.6 Å². The number of nitrogens with zero attached hydrogens (tertiary/aromatic N) is 2. The molecule has 0 fully saturated rings. The van der Waals surface area contributed by atoms with Gasteiger partial charge in [-0.2, -0.15) is 0 Å². The molecule has 1 aromatic heterocycles. The molecular formula is C11H14ClN3O. The van der Waals surface area contributed by atoms with Crippen molar-refractivity contribution in [2.75, 3.05) is 5.32 Å². The number of hydrogen-bond acceptors (Lipinski definition) is 4. The number of aromatic nitrogens is 2. The first kappa shape index (κ1) is 12.6. The lowest BCUT2D eigenvalue weighted by Crippen LogP contribution is -2.17. The molecule has 0 saturated carbocycles. The SMILES string of the molecule is C=CCC(C)Nc1nc(C)nc(Cl)c1C=O. The molecule has 4 nitrogen and oxygen atoms in total. The zero-order valence-electron chi connectivity index (χ0n) is 9.33. The van der Waals surface area contributed by atoms with E-state index in [0.717, 1.165) is 6.42 Å². The van der Waals surface area contributed by atoms with Gasteiger partial charge in [-0.15, -0.1) is 6.58 Å². The predicted octanol–water partition coefficient (Wildman–Crippen LogP) is 2.63. The Labute approximate surface area is 99.8 Å². The van der Waals surface area contributed by atoms with Gasteiger partial charge in [0, 0.05) is 6.04 Å². The predicted molar refractivity (Wildman–Crippen MR) is 65.1 cm³/mol. The fraction of sp³-hybridized carbons (Fsp3) is 0.364. The van der Waals surface area contributed by atoms with Crippen molar-refractivity contribution in [2.45, 2.75) is 26.3 Å². The van der Waals surface area contributed by atoms with E-state index in [0.29, 0.717) is 23.5 Å². The van der Waals surface area contributed by atoms with Crippen LogP contribution in [0, 0.1) is 6.92 Å². The number of nitrogens with one attached hydrogen (secondary N) is 1. The van der Waals surface area contributed by atoms with Crippen LogP contribution in [0.1, 0.15) is 29.5 Å². The van der Waals surface area contributed by atoms with Gasteiger partial charge < -0.3 is 5.32 Å². The smallest absolute Gasteiger partial charge is 0.156 e. The minimum Gasteiger partial charge on any atom is -0.367 e. The number of hydrogen-bond donors (Lipinski definition) is 1. The first-order valence-electron chi connectivity index (χ1n) is 4.95. The Morgan fingerprint density at radius 2 is 2.25 bits per heavy atom. The standard InChI is InChI=1S/C11H14ClN3O/c1-4-5-7(2)13-11-9(6-16)10(12)14-8(3)15-11/h4,6-7H,1,5H2,2-3H3,(H,13,14,15). The average molecular weight is 240 g/mol. The summed E-state index contributed by atoms with van der Waals surface area (Å²) in [6.07, 6.45) is 3.23. The van der Waals surface area contributed by atoms with Gasteiger partial charge in [-0.1, -0.05) is 17.7 Å². The molecule has 0 aliphatic carbocycles. The number of rotatable bonds is 5. The van der Waals surface area contributed by atoms with E-state index in [9.17, 15) is 4.79 Å². The zero-order chi connectivity index (χ0) is 12.1. The summed E-state index contributed by atoms with van der Waals surface area (Å²) in [4.78, 5) is 19.0. The van der Waals surface area contributed by atoms with E-state index in [4.69, 9.17) is 11.6 Å². The largest absolute Gasteiger partial charge is 0.367 e. The average Bonchev–Trinajstić information content (AvgIpc) is 2.17. The summed E-state index contributed by atoms with van der Waals surface area (Å²) < 4.78 is 0. The van der Waals surface area contributed by atoms with E-state index in [-0.39, 0.29) is 11.2 Å². The lowest BCUT2D eigenvalue weighted by atomic mass is 10.2.